The maximum atomic E-state index is 11.0. The molecule has 0 bridgehead atoms. The molecule has 0 aromatic rings. The standard InChI is InChI=1S/C21H42O3.2Na/c1-3-4-5-6-7-8-9-10-11-12-13-14-15-16-17-18-19-24-21(23)20(2)22;;/h20,22H,3-19H2,1-2H3;;. The predicted octanol–water partition coefficient (Wildman–Crippen LogP) is 5.41. The summed E-state index contributed by atoms with van der Waals surface area (Å²) in [7, 11) is 0. The van der Waals surface area contributed by atoms with Crippen LogP contribution in [0.15, 0.2) is 0 Å². The van der Waals surface area contributed by atoms with Gasteiger partial charge in [-0.05, 0) is 13.3 Å². The van der Waals surface area contributed by atoms with Gasteiger partial charge in [0.1, 0.15) is 6.10 Å². The number of carbonyl (C=O) groups is 1. The first-order valence-electron chi connectivity index (χ1n) is 10.5. The van der Waals surface area contributed by atoms with Gasteiger partial charge in [0.15, 0.2) is 0 Å². The van der Waals surface area contributed by atoms with Crippen LogP contribution in [0.4, 0.5) is 0 Å². The summed E-state index contributed by atoms with van der Waals surface area (Å²) in [6.07, 6.45) is 20.4. The Hall–Kier alpha value is 1.43. The third-order valence-electron chi connectivity index (χ3n) is 4.58. The molecule has 3 nitrogen and oxygen atoms in total. The monoisotopic (exact) mass is 388 g/mol. The second kappa shape index (κ2) is 26.4. The summed E-state index contributed by atoms with van der Waals surface area (Å²) >= 11 is 0. The Morgan fingerprint density at radius 2 is 1.00 bits per heavy atom. The molecule has 0 aliphatic heterocycles. The number of aliphatic hydroxyl groups excluding tert-OH is 1. The number of ether oxygens (including phenoxy) is 1. The second-order valence-electron chi connectivity index (χ2n) is 7.15. The summed E-state index contributed by atoms with van der Waals surface area (Å²) in [5.74, 6) is -0.504. The zero-order valence-corrected chi connectivity index (χ0v) is 22.4. The molecule has 0 rings (SSSR count). The Kier molecular flexibility index (Phi) is 32.6. The largest absolute Gasteiger partial charge is 0.464 e. The van der Waals surface area contributed by atoms with Crippen molar-refractivity contribution in [3.8, 4) is 0 Å². The number of aliphatic hydroxyl groups is 1. The van der Waals surface area contributed by atoms with Crippen molar-refractivity contribution >= 4 is 65.1 Å². The van der Waals surface area contributed by atoms with Crippen LogP contribution in [0.5, 0.6) is 0 Å². The molecule has 146 valence electrons. The Balaban J connectivity index is -0.00000264. The molecule has 1 N–H and O–H groups in total. The molecular formula is C21H42Na2O3. The minimum absolute atomic E-state index is 0. The maximum Gasteiger partial charge on any atom is 0.334 e. The minimum atomic E-state index is -0.994. The molecular weight excluding hydrogens is 346 g/mol. The van der Waals surface area contributed by atoms with Gasteiger partial charge in [0.05, 0.1) is 6.61 Å². The number of carbonyl (C=O) groups excluding carboxylic acids is 1. The summed E-state index contributed by atoms with van der Waals surface area (Å²) in [4.78, 5) is 11.0. The molecule has 1 unspecified atom stereocenters. The summed E-state index contributed by atoms with van der Waals surface area (Å²) in [5, 5.41) is 8.98. The van der Waals surface area contributed by atoms with Gasteiger partial charge >= 0.3 is 5.97 Å². The molecule has 0 aromatic heterocycles. The first kappa shape index (κ1) is 32.1. The van der Waals surface area contributed by atoms with Crippen LogP contribution in [-0.2, 0) is 9.53 Å². The van der Waals surface area contributed by atoms with E-state index in [1.807, 2.05) is 0 Å². The molecule has 26 heavy (non-hydrogen) atoms. The summed E-state index contributed by atoms with van der Waals surface area (Å²) in [6, 6.07) is 0. The van der Waals surface area contributed by atoms with Crippen molar-refractivity contribution in [2.75, 3.05) is 6.61 Å². The second-order valence-corrected chi connectivity index (χ2v) is 7.15. The first-order chi connectivity index (χ1) is 11.7. The van der Waals surface area contributed by atoms with Gasteiger partial charge in [0.25, 0.3) is 0 Å². The SMILES string of the molecule is CCCCCCCCCCCCCCCCCCOC(=O)C(C)O.[Na].[Na]. The molecule has 0 spiro atoms. The van der Waals surface area contributed by atoms with Gasteiger partial charge in [-0.2, -0.15) is 0 Å². The normalized spacial score (nSPS) is 11.3. The number of hydrogen-bond acceptors (Lipinski definition) is 3. The van der Waals surface area contributed by atoms with Crippen molar-refractivity contribution in [3.05, 3.63) is 0 Å². The van der Waals surface area contributed by atoms with Gasteiger partial charge in [0.2, 0.25) is 0 Å². The predicted molar refractivity (Wildman–Crippen MR) is 114 cm³/mol. The summed E-state index contributed by atoms with van der Waals surface area (Å²) in [6.45, 7) is 4.16. The van der Waals surface area contributed by atoms with Crippen molar-refractivity contribution in [2.45, 2.75) is 123 Å². The van der Waals surface area contributed by atoms with E-state index in [4.69, 9.17) is 9.84 Å². The van der Waals surface area contributed by atoms with Gasteiger partial charge in [-0.25, -0.2) is 4.79 Å². The van der Waals surface area contributed by atoms with E-state index in [-0.39, 0.29) is 59.1 Å². The average molecular weight is 389 g/mol. The zero-order chi connectivity index (χ0) is 17.9. The van der Waals surface area contributed by atoms with E-state index in [1.54, 1.807) is 0 Å². The van der Waals surface area contributed by atoms with Gasteiger partial charge in [0, 0.05) is 59.1 Å². The summed E-state index contributed by atoms with van der Waals surface area (Å²) in [5.41, 5.74) is 0. The topological polar surface area (TPSA) is 46.5 Å². The summed E-state index contributed by atoms with van der Waals surface area (Å²) < 4.78 is 4.93. The fourth-order valence-corrected chi connectivity index (χ4v) is 2.94. The van der Waals surface area contributed by atoms with Crippen LogP contribution in [0, 0.1) is 0 Å². The van der Waals surface area contributed by atoms with Crippen LogP contribution in [0.3, 0.4) is 0 Å². The number of unbranched alkanes of at least 4 members (excludes halogenated alkanes) is 15. The third-order valence-corrected chi connectivity index (χ3v) is 4.58. The van der Waals surface area contributed by atoms with Crippen molar-refractivity contribution < 1.29 is 14.6 Å². The Labute approximate surface area is 207 Å². The van der Waals surface area contributed by atoms with Crippen molar-refractivity contribution in [1.29, 1.82) is 0 Å². The molecule has 5 heteroatoms. The van der Waals surface area contributed by atoms with E-state index in [0.29, 0.717) is 6.61 Å². The van der Waals surface area contributed by atoms with Crippen LogP contribution >= 0.6 is 0 Å². The molecule has 0 saturated heterocycles. The molecule has 0 heterocycles. The molecule has 0 aromatic carbocycles. The molecule has 0 aliphatic carbocycles. The quantitative estimate of drug-likeness (QED) is 0.194. The molecule has 0 fully saturated rings. The molecule has 0 aliphatic rings. The third kappa shape index (κ3) is 25.4. The van der Waals surface area contributed by atoms with Crippen LogP contribution in [0.1, 0.15) is 117 Å². The molecule has 2 radical (unpaired) electrons. The van der Waals surface area contributed by atoms with Crippen molar-refractivity contribution in [2.24, 2.45) is 0 Å². The zero-order valence-electron chi connectivity index (χ0n) is 18.4. The Morgan fingerprint density at radius 1 is 0.692 bits per heavy atom. The number of esters is 1. The van der Waals surface area contributed by atoms with E-state index in [1.165, 1.54) is 96.8 Å². The average Bonchev–Trinajstić information content (AvgIpc) is 2.57. The van der Waals surface area contributed by atoms with Crippen LogP contribution in [0.2, 0.25) is 0 Å². The fraction of sp³-hybridized carbons (Fsp3) is 0.952. The van der Waals surface area contributed by atoms with E-state index in [2.05, 4.69) is 6.92 Å². The van der Waals surface area contributed by atoms with Gasteiger partial charge in [-0.15, -0.1) is 0 Å². The number of rotatable bonds is 18. The Morgan fingerprint density at radius 3 is 1.31 bits per heavy atom. The molecule has 0 saturated carbocycles. The van der Waals surface area contributed by atoms with E-state index >= 15 is 0 Å². The Bertz CT molecular complexity index is 274. The molecule has 1 atom stereocenters. The smallest absolute Gasteiger partial charge is 0.334 e. The van der Waals surface area contributed by atoms with Gasteiger partial charge in [-0.1, -0.05) is 103 Å². The number of hydrogen-bond donors (Lipinski definition) is 1. The van der Waals surface area contributed by atoms with E-state index < -0.39 is 12.1 Å². The fourth-order valence-electron chi connectivity index (χ4n) is 2.94. The van der Waals surface area contributed by atoms with Crippen molar-refractivity contribution in [1.82, 2.24) is 0 Å². The minimum Gasteiger partial charge on any atom is -0.464 e. The van der Waals surface area contributed by atoms with Crippen molar-refractivity contribution in [3.63, 3.8) is 0 Å². The van der Waals surface area contributed by atoms with Gasteiger partial charge in [-0.3, -0.25) is 0 Å². The van der Waals surface area contributed by atoms with E-state index in [9.17, 15) is 4.79 Å². The van der Waals surface area contributed by atoms with Crippen LogP contribution < -0.4 is 0 Å². The first-order valence-corrected chi connectivity index (χ1v) is 10.5. The van der Waals surface area contributed by atoms with Crippen LogP contribution in [-0.4, -0.2) is 82.9 Å². The van der Waals surface area contributed by atoms with Crippen LogP contribution in [0.25, 0.3) is 0 Å². The molecule has 0 amide bonds. The van der Waals surface area contributed by atoms with Gasteiger partial charge < -0.3 is 9.84 Å². The van der Waals surface area contributed by atoms with E-state index in [0.717, 1.165) is 12.8 Å². The maximum absolute atomic E-state index is 11.0.